The first-order valence-electron chi connectivity index (χ1n) is 4.01. The van der Waals surface area contributed by atoms with E-state index in [0.29, 0.717) is 0 Å². The number of carbonyl (C=O) groups excluding carboxylic acids is 1. The van der Waals surface area contributed by atoms with Crippen molar-refractivity contribution in [3.8, 4) is 0 Å². The summed E-state index contributed by atoms with van der Waals surface area (Å²) in [6.45, 7) is -0.559. The molecule has 0 bridgehead atoms. The van der Waals surface area contributed by atoms with Gasteiger partial charge >= 0.3 is 0 Å². The molecule has 1 heterocycles. The molecule has 0 spiro atoms. The number of aliphatic hydroxyl groups is 4. The van der Waals surface area contributed by atoms with Crippen molar-refractivity contribution in [2.45, 2.75) is 30.7 Å². The highest BCUT2D eigenvalue weighted by Gasteiger charge is 2.47. The molecular weight excluding hydrogens is 196 g/mol. The summed E-state index contributed by atoms with van der Waals surface area (Å²) in [5, 5.41) is 36.3. The van der Waals surface area contributed by atoms with E-state index in [2.05, 4.69) is 4.74 Å². The normalized spacial score (nSPS) is 39.4. The number of ether oxygens (including phenoxy) is 2. The van der Waals surface area contributed by atoms with Crippen LogP contribution in [0.25, 0.3) is 0 Å². The zero-order chi connectivity index (χ0) is 10.7. The average Bonchev–Trinajstić information content (AvgIpc) is 2.46. The summed E-state index contributed by atoms with van der Waals surface area (Å²) in [6.07, 6.45) is -6.64. The van der Waals surface area contributed by atoms with Gasteiger partial charge in [-0.2, -0.15) is 0 Å². The van der Waals surface area contributed by atoms with Gasteiger partial charge in [0, 0.05) is 0 Å². The van der Waals surface area contributed by atoms with Crippen molar-refractivity contribution >= 4 is 6.47 Å². The van der Waals surface area contributed by atoms with E-state index in [0.717, 1.165) is 0 Å². The van der Waals surface area contributed by atoms with Crippen LogP contribution in [0.15, 0.2) is 0 Å². The minimum Gasteiger partial charge on any atom is -0.435 e. The van der Waals surface area contributed by atoms with Gasteiger partial charge in [-0.1, -0.05) is 0 Å². The van der Waals surface area contributed by atoms with Gasteiger partial charge in [-0.3, -0.25) is 4.79 Å². The van der Waals surface area contributed by atoms with E-state index in [-0.39, 0.29) is 6.47 Å². The van der Waals surface area contributed by atoms with E-state index in [9.17, 15) is 15.0 Å². The monoisotopic (exact) mass is 208 g/mol. The molecular formula is C7H12O7. The molecule has 7 nitrogen and oxygen atoms in total. The predicted octanol–water partition coefficient (Wildman–Crippen LogP) is -3.04. The molecule has 0 saturated carbocycles. The molecule has 4 N–H and O–H groups in total. The number of rotatable bonds is 4. The lowest BCUT2D eigenvalue weighted by atomic mass is 10.1. The van der Waals surface area contributed by atoms with Crippen molar-refractivity contribution in [3.05, 3.63) is 0 Å². The molecule has 1 rings (SSSR count). The highest BCUT2D eigenvalue weighted by atomic mass is 16.7. The molecule has 1 fully saturated rings. The largest absolute Gasteiger partial charge is 0.435 e. The van der Waals surface area contributed by atoms with Gasteiger partial charge in [0.05, 0.1) is 6.61 Å². The van der Waals surface area contributed by atoms with Crippen LogP contribution in [0.3, 0.4) is 0 Å². The van der Waals surface area contributed by atoms with E-state index in [1.807, 2.05) is 0 Å². The third-order valence-corrected chi connectivity index (χ3v) is 2.01. The molecule has 5 atom stereocenters. The fraction of sp³-hybridized carbons (Fsp3) is 0.857. The summed E-state index contributed by atoms with van der Waals surface area (Å²) >= 11 is 0. The standard InChI is InChI=1S/C7H12O7/c8-1-3(10)6-4(11)5(12)7(14-6)13-2-9/h2-8,10-12H,1H2/t3-,4-,5+,6-,7-/m0/s1. The van der Waals surface area contributed by atoms with Gasteiger partial charge in [0.25, 0.3) is 6.47 Å². The predicted molar refractivity (Wildman–Crippen MR) is 40.9 cm³/mol. The first-order valence-corrected chi connectivity index (χ1v) is 4.01. The van der Waals surface area contributed by atoms with Gasteiger partial charge in [-0.15, -0.1) is 0 Å². The Hall–Kier alpha value is -0.730. The highest BCUT2D eigenvalue weighted by molar-refractivity contribution is 5.37. The fourth-order valence-corrected chi connectivity index (χ4v) is 1.26. The van der Waals surface area contributed by atoms with Gasteiger partial charge in [-0.25, -0.2) is 0 Å². The zero-order valence-electron chi connectivity index (χ0n) is 7.18. The maximum absolute atomic E-state index is 9.95. The minimum atomic E-state index is -1.42. The van der Waals surface area contributed by atoms with Crippen LogP contribution in [0.2, 0.25) is 0 Å². The van der Waals surface area contributed by atoms with Crippen LogP contribution in [0, 0.1) is 0 Å². The number of hydrogen-bond acceptors (Lipinski definition) is 7. The van der Waals surface area contributed by atoms with Crippen molar-refractivity contribution in [2.24, 2.45) is 0 Å². The summed E-state index contributed by atoms with van der Waals surface area (Å²) in [6, 6.07) is 0. The second kappa shape index (κ2) is 4.67. The van der Waals surface area contributed by atoms with Crippen LogP contribution in [-0.4, -0.2) is 64.2 Å². The van der Waals surface area contributed by atoms with Crippen LogP contribution in [0.1, 0.15) is 0 Å². The second-order valence-electron chi connectivity index (χ2n) is 2.93. The van der Waals surface area contributed by atoms with Crippen LogP contribution >= 0.6 is 0 Å². The lowest BCUT2D eigenvalue weighted by molar-refractivity contribution is -0.182. The summed E-state index contributed by atoms with van der Waals surface area (Å²) < 4.78 is 9.12. The Kier molecular flexibility index (Phi) is 3.78. The number of carbonyl (C=O) groups is 1. The Labute approximate surface area is 79.5 Å². The van der Waals surface area contributed by atoms with Crippen molar-refractivity contribution in [3.63, 3.8) is 0 Å². The third kappa shape index (κ3) is 2.02. The Balaban J connectivity index is 2.61. The Morgan fingerprint density at radius 2 is 2.07 bits per heavy atom. The van der Waals surface area contributed by atoms with E-state index in [1.165, 1.54) is 0 Å². The van der Waals surface area contributed by atoms with Gasteiger partial charge in [-0.05, 0) is 0 Å². The number of aliphatic hydroxyl groups excluding tert-OH is 4. The van der Waals surface area contributed by atoms with E-state index < -0.39 is 37.3 Å². The SMILES string of the molecule is O=CO[C@H]1O[C@@H]([C@@H](O)CO)[C@@H](O)[C@H]1O. The van der Waals surface area contributed by atoms with Crippen LogP contribution in [0.4, 0.5) is 0 Å². The second-order valence-corrected chi connectivity index (χ2v) is 2.93. The maximum Gasteiger partial charge on any atom is 0.295 e. The summed E-state index contributed by atoms with van der Waals surface area (Å²) in [5.74, 6) is 0. The van der Waals surface area contributed by atoms with E-state index in [1.54, 1.807) is 0 Å². The zero-order valence-corrected chi connectivity index (χ0v) is 7.18. The first-order chi connectivity index (χ1) is 6.61. The Morgan fingerprint density at radius 1 is 1.43 bits per heavy atom. The Morgan fingerprint density at radius 3 is 2.57 bits per heavy atom. The lowest BCUT2D eigenvalue weighted by Crippen LogP contribution is -2.40. The molecule has 14 heavy (non-hydrogen) atoms. The van der Waals surface area contributed by atoms with Crippen LogP contribution < -0.4 is 0 Å². The molecule has 1 aliphatic rings. The van der Waals surface area contributed by atoms with Gasteiger partial charge in [0.2, 0.25) is 6.29 Å². The molecule has 1 aliphatic heterocycles. The highest BCUT2D eigenvalue weighted by Crippen LogP contribution is 2.23. The van der Waals surface area contributed by atoms with Gasteiger partial charge in [0.15, 0.2) is 0 Å². The molecule has 0 aromatic carbocycles. The van der Waals surface area contributed by atoms with E-state index in [4.69, 9.17) is 14.9 Å². The van der Waals surface area contributed by atoms with Crippen molar-refractivity contribution in [2.75, 3.05) is 6.61 Å². The topological polar surface area (TPSA) is 116 Å². The summed E-state index contributed by atoms with van der Waals surface area (Å²) in [5.41, 5.74) is 0. The Bertz CT molecular complexity index is 196. The molecule has 7 heteroatoms. The van der Waals surface area contributed by atoms with Crippen molar-refractivity contribution < 1.29 is 34.7 Å². The summed E-state index contributed by atoms with van der Waals surface area (Å²) in [7, 11) is 0. The molecule has 0 aromatic rings. The van der Waals surface area contributed by atoms with Crippen molar-refractivity contribution in [1.82, 2.24) is 0 Å². The first kappa shape index (κ1) is 11.3. The van der Waals surface area contributed by atoms with E-state index >= 15 is 0 Å². The smallest absolute Gasteiger partial charge is 0.295 e. The maximum atomic E-state index is 9.95. The fourth-order valence-electron chi connectivity index (χ4n) is 1.26. The average molecular weight is 208 g/mol. The molecule has 0 aromatic heterocycles. The lowest BCUT2D eigenvalue weighted by Gasteiger charge is -2.18. The number of hydrogen-bond donors (Lipinski definition) is 4. The molecule has 0 radical (unpaired) electrons. The quantitative estimate of drug-likeness (QED) is 0.363. The van der Waals surface area contributed by atoms with Crippen molar-refractivity contribution in [1.29, 1.82) is 0 Å². The molecule has 82 valence electrons. The van der Waals surface area contributed by atoms with Crippen LogP contribution in [-0.2, 0) is 14.3 Å². The summed E-state index contributed by atoms with van der Waals surface area (Å²) in [4.78, 5) is 9.95. The molecule has 0 amide bonds. The van der Waals surface area contributed by atoms with Gasteiger partial charge < -0.3 is 29.9 Å². The third-order valence-electron chi connectivity index (χ3n) is 2.01. The molecule has 1 saturated heterocycles. The molecule has 0 aliphatic carbocycles. The molecule has 0 unspecified atom stereocenters. The minimum absolute atomic E-state index is 0.0638. The van der Waals surface area contributed by atoms with Crippen LogP contribution in [0.5, 0.6) is 0 Å². The van der Waals surface area contributed by atoms with Gasteiger partial charge in [0.1, 0.15) is 24.4 Å².